The number of carbonyl (C=O) groups excluding carboxylic acids is 2. The number of nitrogens with one attached hydrogen (secondary N) is 3. The fourth-order valence-corrected chi connectivity index (χ4v) is 5.02. The van der Waals surface area contributed by atoms with E-state index in [1.807, 2.05) is 0 Å². The van der Waals surface area contributed by atoms with Crippen LogP contribution in [0.1, 0.15) is 84.0 Å². The van der Waals surface area contributed by atoms with Gasteiger partial charge in [0, 0.05) is 30.5 Å². The van der Waals surface area contributed by atoms with Gasteiger partial charge in [-0.3, -0.25) is 9.59 Å². The molecule has 3 fully saturated rings. The van der Waals surface area contributed by atoms with Crippen molar-refractivity contribution in [3.8, 4) is 0 Å². The molecule has 2 unspecified atom stereocenters. The first kappa shape index (κ1) is 19.7. The quantitative estimate of drug-likeness (QED) is 0.703. The molecule has 3 N–H and O–H groups in total. The van der Waals surface area contributed by atoms with Crippen LogP contribution < -0.4 is 16.0 Å². The van der Waals surface area contributed by atoms with E-state index < -0.39 is 0 Å². The Bertz CT molecular complexity index is 468. The van der Waals surface area contributed by atoms with E-state index in [0.717, 1.165) is 45.1 Å². The van der Waals surface area contributed by atoms with Gasteiger partial charge in [-0.25, -0.2) is 0 Å². The number of amides is 2. The summed E-state index contributed by atoms with van der Waals surface area (Å²) in [5, 5.41) is 9.92. The third kappa shape index (κ3) is 5.97. The Morgan fingerprint density at radius 3 is 2.31 bits per heavy atom. The first-order valence-electron chi connectivity index (χ1n) is 10.9. The van der Waals surface area contributed by atoms with Gasteiger partial charge in [0.1, 0.15) is 0 Å². The topological polar surface area (TPSA) is 70.2 Å². The van der Waals surface area contributed by atoms with Gasteiger partial charge in [-0.1, -0.05) is 19.3 Å². The van der Waals surface area contributed by atoms with Gasteiger partial charge in [0.25, 0.3) is 0 Å². The molecule has 5 heteroatoms. The zero-order valence-electron chi connectivity index (χ0n) is 16.4. The van der Waals surface area contributed by atoms with Crippen LogP contribution in [-0.4, -0.2) is 36.5 Å². The molecule has 2 amide bonds. The first-order chi connectivity index (χ1) is 12.6. The van der Waals surface area contributed by atoms with Gasteiger partial charge < -0.3 is 16.0 Å². The number of carbonyl (C=O) groups is 2. The van der Waals surface area contributed by atoms with E-state index in [9.17, 15) is 9.59 Å². The lowest BCUT2D eigenvalue weighted by Crippen LogP contribution is -2.49. The van der Waals surface area contributed by atoms with Crippen molar-refractivity contribution in [2.75, 3.05) is 6.54 Å². The Morgan fingerprint density at radius 1 is 0.885 bits per heavy atom. The molecule has 0 spiro atoms. The van der Waals surface area contributed by atoms with Gasteiger partial charge in [-0.2, -0.15) is 0 Å². The monoisotopic (exact) mass is 363 g/mol. The molecule has 0 aromatic carbocycles. The van der Waals surface area contributed by atoms with Crippen LogP contribution in [-0.2, 0) is 9.59 Å². The molecule has 26 heavy (non-hydrogen) atoms. The van der Waals surface area contributed by atoms with E-state index in [1.54, 1.807) is 0 Å². The van der Waals surface area contributed by atoms with E-state index in [1.165, 1.54) is 32.1 Å². The Hall–Kier alpha value is -1.10. The number of piperidine rings is 1. The van der Waals surface area contributed by atoms with Crippen molar-refractivity contribution in [3.05, 3.63) is 0 Å². The minimum Gasteiger partial charge on any atom is -0.353 e. The molecule has 5 nitrogen and oxygen atoms in total. The lowest BCUT2D eigenvalue weighted by molar-refractivity contribution is -0.127. The molecule has 1 aliphatic heterocycles. The van der Waals surface area contributed by atoms with Crippen molar-refractivity contribution in [2.45, 2.75) is 102 Å². The Morgan fingerprint density at radius 2 is 1.62 bits per heavy atom. The molecule has 2 saturated carbocycles. The maximum Gasteiger partial charge on any atom is 0.223 e. The van der Waals surface area contributed by atoms with Crippen molar-refractivity contribution in [3.63, 3.8) is 0 Å². The minimum atomic E-state index is 0.131. The summed E-state index contributed by atoms with van der Waals surface area (Å²) < 4.78 is 0. The molecule has 0 radical (unpaired) electrons. The molecular formula is C21H37N3O2. The van der Waals surface area contributed by atoms with Gasteiger partial charge in [0.05, 0.1) is 0 Å². The lowest BCUT2D eigenvalue weighted by atomic mass is 9.84. The normalized spacial score (nSPS) is 33.4. The van der Waals surface area contributed by atoms with Gasteiger partial charge in [-0.15, -0.1) is 0 Å². The van der Waals surface area contributed by atoms with Crippen LogP contribution in [0.4, 0.5) is 0 Å². The molecule has 3 aliphatic rings. The molecule has 0 aromatic rings. The third-order valence-corrected chi connectivity index (χ3v) is 6.63. The molecule has 0 bridgehead atoms. The predicted octanol–water partition coefficient (Wildman–Crippen LogP) is 2.89. The van der Waals surface area contributed by atoms with Crippen LogP contribution in [0.3, 0.4) is 0 Å². The van der Waals surface area contributed by atoms with Crippen LogP contribution in [0.15, 0.2) is 0 Å². The summed E-state index contributed by atoms with van der Waals surface area (Å²) in [5.41, 5.74) is 0. The molecule has 148 valence electrons. The van der Waals surface area contributed by atoms with Crippen molar-refractivity contribution in [1.82, 2.24) is 16.0 Å². The Labute approximate surface area is 158 Å². The molecule has 2 atom stereocenters. The first-order valence-corrected chi connectivity index (χ1v) is 10.9. The van der Waals surface area contributed by atoms with E-state index in [0.29, 0.717) is 24.4 Å². The summed E-state index contributed by atoms with van der Waals surface area (Å²) in [4.78, 5) is 24.8. The number of rotatable bonds is 5. The van der Waals surface area contributed by atoms with Gasteiger partial charge in [0.2, 0.25) is 11.8 Å². The SMILES string of the molecule is CC1CC(NC(=O)C2CCC(NC(=O)CC3CCCCC3)CC2)CCN1. The highest BCUT2D eigenvalue weighted by molar-refractivity contribution is 5.79. The Balaban J connectivity index is 1.34. The van der Waals surface area contributed by atoms with Crippen LogP contribution in [0.5, 0.6) is 0 Å². The van der Waals surface area contributed by atoms with Crippen molar-refractivity contribution in [2.24, 2.45) is 11.8 Å². The molecule has 1 saturated heterocycles. The van der Waals surface area contributed by atoms with E-state index in [-0.39, 0.29) is 23.8 Å². The highest BCUT2D eigenvalue weighted by atomic mass is 16.2. The summed E-state index contributed by atoms with van der Waals surface area (Å²) in [6, 6.07) is 1.09. The van der Waals surface area contributed by atoms with E-state index in [4.69, 9.17) is 0 Å². The van der Waals surface area contributed by atoms with Crippen LogP contribution in [0.2, 0.25) is 0 Å². The number of hydrogen-bond donors (Lipinski definition) is 3. The van der Waals surface area contributed by atoms with Gasteiger partial charge >= 0.3 is 0 Å². The van der Waals surface area contributed by atoms with Crippen LogP contribution in [0, 0.1) is 11.8 Å². The summed E-state index contributed by atoms with van der Waals surface area (Å²) in [6.45, 7) is 3.17. The largest absolute Gasteiger partial charge is 0.353 e. The second-order valence-corrected chi connectivity index (χ2v) is 8.91. The van der Waals surface area contributed by atoms with Gasteiger partial charge in [0.15, 0.2) is 0 Å². The zero-order valence-corrected chi connectivity index (χ0v) is 16.4. The van der Waals surface area contributed by atoms with E-state index in [2.05, 4.69) is 22.9 Å². The van der Waals surface area contributed by atoms with Crippen LogP contribution >= 0.6 is 0 Å². The second kappa shape index (κ2) is 9.72. The summed E-state index contributed by atoms with van der Waals surface area (Å²) in [6.07, 6.45) is 12.8. The molecule has 0 aromatic heterocycles. The molecule has 1 heterocycles. The summed E-state index contributed by atoms with van der Waals surface area (Å²) in [5.74, 6) is 1.19. The van der Waals surface area contributed by atoms with Crippen LogP contribution in [0.25, 0.3) is 0 Å². The van der Waals surface area contributed by atoms with E-state index >= 15 is 0 Å². The average Bonchev–Trinajstić information content (AvgIpc) is 2.63. The fourth-order valence-electron chi connectivity index (χ4n) is 5.02. The maximum absolute atomic E-state index is 12.5. The Kier molecular flexibility index (Phi) is 7.35. The van der Waals surface area contributed by atoms with Crippen molar-refractivity contribution < 1.29 is 9.59 Å². The molecule has 3 rings (SSSR count). The predicted molar refractivity (Wildman–Crippen MR) is 104 cm³/mol. The minimum absolute atomic E-state index is 0.131. The standard InChI is InChI=1S/C21H37N3O2/c1-15-13-19(11-12-22-15)24-21(26)17-7-9-18(10-8-17)23-20(25)14-16-5-3-2-4-6-16/h15-19,22H,2-14H2,1H3,(H,23,25)(H,24,26). The highest BCUT2D eigenvalue weighted by Gasteiger charge is 2.29. The second-order valence-electron chi connectivity index (χ2n) is 8.91. The fraction of sp³-hybridized carbons (Fsp3) is 0.905. The third-order valence-electron chi connectivity index (χ3n) is 6.63. The number of hydrogen-bond acceptors (Lipinski definition) is 3. The summed E-state index contributed by atoms with van der Waals surface area (Å²) >= 11 is 0. The van der Waals surface area contributed by atoms with Crippen molar-refractivity contribution >= 4 is 11.8 Å². The summed E-state index contributed by atoms with van der Waals surface area (Å²) in [7, 11) is 0. The van der Waals surface area contributed by atoms with Gasteiger partial charge in [-0.05, 0) is 70.8 Å². The smallest absolute Gasteiger partial charge is 0.223 e. The van der Waals surface area contributed by atoms with Crippen molar-refractivity contribution in [1.29, 1.82) is 0 Å². The molecule has 2 aliphatic carbocycles. The molecular weight excluding hydrogens is 326 g/mol. The zero-order chi connectivity index (χ0) is 18.4. The lowest BCUT2D eigenvalue weighted by Gasteiger charge is -2.32. The average molecular weight is 364 g/mol. The maximum atomic E-state index is 12.5. The highest BCUT2D eigenvalue weighted by Crippen LogP contribution is 2.28.